The Morgan fingerprint density at radius 3 is 2.76 bits per heavy atom. The number of carbonyl (C=O) groups excluding carboxylic acids is 1. The van der Waals surface area contributed by atoms with Gasteiger partial charge in [0.1, 0.15) is 5.69 Å². The number of hydrogen-bond donors (Lipinski definition) is 1. The smallest absolute Gasteiger partial charge is 0.404 e. The van der Waals surface area contributed by atoms with Gasteiger partial charge < -0.3 is 9.64 Å². The predicted molar refractivity (Wildman–Crippen MR) is 121 cm³/mol. The fraction of sp³-hybridized carbons (Fsp3) is 0.526. The lowest BCUT2D eigenvalue weighted by Gasteiger charge is -2.28. The summed E-state index contributed by atoms with van der Waals surface area (Å²) in [4.78, 5) is 13.8. The second-order valence-electron chi connectivity index (χ2n) is 7.58. The van der Waals surface area contributed by atoms with Gasteiger partial charge in [0, 0.05) is 19.3 Å². The number of benzene rings is 1. The molecule has 0 radical (unpaired) electrons. The third-order valence-electron chi connectivity index (χ3n) is 4.73. The maximum Gasteiger partial charge on any atom is 0.404 e. The van der Waals surface area contributed by atoms with Crippen LogP contribution in [0.15, 0.2) is 22.4 Å². The Bertz CT molecular complexity index is 1170. The molecule has 0 saturated carbocycles. The molecule has 34 heavy (non-hydrogen) atoms. The average Bonchev–Trinajstić information content (AvgIpc) is 3.20. The molecular formula is C19H23F3N6O4S2. The van der Waals surface area contributed by atoms with E-state index in [-0.39, 0.29) is 28.1 Å². The molecule has 1 aromatic heterocycles. The highest BCUT2D eigenvalue weighted by Crippen LogP contribution is 2.38. The predicted octanol–water partition coefficient (Wildman–Crippen LogP) is 4.60. The SMILES string of the molecule is CCCCOC(=O)c1nnc(N=Nc2cc3c(cc2NS(=O)(=O)CC(F)(F)F)N(C)CCC3)s1. The first-order valence-corrected chi connectivity index (χ1v) is 12.8. The van der Waals surface area contributed by atoms with E-state index in [0.29, 0.717) is 25.1 Å². The number of alkyl halides is 3. The number of aromatic nitrogens is 2. The van der Waals surface area contributed by atoms with Crippen LogP contribution in [0.25, 0.3) is 0 Å². The highest BCUT2D eigenvalue weighted by atomic mass is 32.2. The molecule has 2 aromatic rings. The zero-order chi connectivity index (χ0) is 24.9. The largest absolute Gasteiger partial charge is 0.460 e. The second-order valence-corrected chi connectivity index (χ2v) is 10.3. The lowest BCUT2D eigenvalue weighted by molar-refractivity contribution is -0.106. The summed E-state index contributed by atoms with van der Waals surface area (Å²) >= 11 is 0.821. The van der Waals surface area contributed by atoms with Crippen molar-refractivity contribution >= 4 is 49.5 Å². The third-order valence-corrected chi connectivity index (χ3v) is 6.76. The van der Waals surface area contributed by atoms with E-state index in [0.717, 1.165) is 29.7 Å². The molecule has 0 saturated heterocycles. The Morgan fingerprint density at radius 1 is 1.29 bits per heavy atom. The molecular weight excluding hydrogens is 497 g/mol. The zero-order valence-corrected chi connectivity index (χ0v) is 20.1. The fourth-order valence-corrected chi connectivity index (χ4v) is 4.75. The normalized spacial score (nSPS) is 14.3. The molecule has 2 heterocycles. The van der Waals surface area contributed by atoms with Gasteiger partial charge in [0.2, 0.25) is 15.0 Å². The molecule has 1 aliphatic heterocycles. The van der Waals surface area contributed by atoms with Crippen molar-refractivity contribution in [2.45, 2.75) is 38.8 Å². The van der Waals surface area contributed by atoms with Gasteiger partial charge in [-0.25, -0.2) is 13.2 Å². The number of unbranched alkanes of at least 4 members (excludes halogenated alkanes) is 1. The van der Waals surface area contributed by atoms with Gasteiger partial charge in [-0.15, -0.1) is 20.4 Å². The van der Waals surface area contributed by atoms with Crippen molar-refractivity contribution in [2.24, 2.45) is 10.2 Å². The Balaban J connectivity index is 1.88. The number of ether oxygens (including phenoxy) is 1. The van der Waals surface area contributed by atoms with E-state index in [1.165, 1.54) is 6.07 Å². The lowest BCUT2D eigenvalue weighted by Crippen LogP contribution is -2.28. The number of aryl methyl sites for hydroxylation is 1. The van der Waals surface area contributed by atoms with Crippen molar-refractivity contribution in [3.05, 3.63) is 22.7 Å². The summed E-state index contributed by atoms with van der Waals surface area (Å²) in [6.07, 6.45) is -1.82. The van der Waals surface area contributed by atoms with Crippen LogP contribution in [0, 0.1) is 0 Å². The minimum Gasteiger partial charge on any atom is -0.460 e. The van der Waals surface area contributed by atoms with Crippen LogP contribution in [-0.2, 0) is 21.2 Å². The molecule has 15 heteroatoms. The van der Waals surface area contributed by atoms with Crippen LogP contribution >= 0.6 is 11.3 Å². The van der Waals surface area contributed by atoms with E-state index in [9.17, 15) is 26.4 Å². The molecule has 1 N–H and O–H groups in total. The number of esters is 1. The zero-order valence-electron chi connectivity index (χ0n) is 18.4. The molecule has 0 spiro atoms. The Hall–Kier alpha value is -2.81. The Labute approximate surface area is 198 Å². The van der Waals surface area contributed by atoms with Crippen molar-refractivity contribution in [1.82, 2.24) is 10.2 Å². The summed E-state index contributed by atoms with van der Waals surface area (Å²) < 4.78 is 69.3. The van der Waals surface area contributed by atoms with E-state index >= 15 is 0 Å². The number of azo groups is 1. The Kier molecular flexibility index (Phi) is 8.07. The number of sulfonamides is 1. The van der Waals surface area contributed by atoms with Crippen molar-refractivity contribution in [1.29, 1.82) is 0 Å². The summed E-state index contributed by atoms with van der Waals surface area (Å²) in [6, 6.07) is 3.01. The minimum atomic E-state index is -4.91. The molecule has 0 fully saturated rings. The molecule has 0 amide bonds. The number of nitrogens with zero attached hydrogens (tertiary/aromatic N) is 5. The van der Waals surface area contributed by atoms with E-state index in [4.69, 9.17) is 4.74 Å². The summed E-state index contributed by atoms with van der Waals surface area (Å²) in [7, 11) is -2.94. The maximum absolute atomic E-state index is 12.7. The monoisotopic (exact) mass is 520 g/mol. The first-order chi connectivity index (χ1) is 16.0. The third kappa shape index (κ3) is 7.09. The van der Waals surface area contributed by atoms with Crippen molar-refractivity contribution < 1.29 is 31.1 Å². The van der Waals surface area contributed by atoms with Crippen LogP contribution in [0.4, 0.5) is 35.4 Å². The summed E-state index contributed by atoms with van der Waals surface area (Å²) in [6.45, 7) is 2.91. The molecule has 0 aliphatic carbocycles. The number of carbonyl (C=O) groups is 1. The van der Waals surface area contributed by atoms with Gasteiger partial charge >= 0.3 is 12.1 Å². The van der Waals surface area contributed by atoms with Crippen LogP contribution in [0.2, 0.25) is 0 Å². The molecule has 1 aromatic carbocycles. The molecule has 10 nitrogen and oxygen atoms in total. The first kappa shape index (κ1) is 25.8. The van der Waals surface area contributed by atoms with Gasteiger partial charge in [0.25, 0.3) is 5.13 Å². The number of nitrogens with one attached hydrogen (secondary N) is 1. The van der Waals surface area contributed by atoms with E-state index in [1.807, 2.05) is 16.5 Å². The van der Waals surface area contributed by atoms with Crippen LogP contribution in [0.1, 0.15) is 41.6 Å². The van der Waals surface area contributed by atoms with Gasteiger partial charge in [-0.3, -0.25) is 4.72 Å². The second kappa shape index (κ2) is 10.6. The summed E-state index contributed by atoms with van der Waals surface area (Å²) in [5.74, 6) is -2.69. The average molecular weight is 521 g/mol. The van der Waals surface area contributed by atoms with E-state index in [1.54, 1.807) is 13.1 Å². The number of anilines is 2. The highest BCUT2D eigenvalue weighted by molar-refractivity contribution is 7.92. The molecule has 1 aliphatic rings. The van der Waals surface area contributed by atoms with Gasteiger partial charge in [0.15, 0.2) is 5.75 Å². The first-order valence-electron chi connectivity index (χ1n) is 10.3. The molecule has 0 bridgehead atoms. The molecule has 0 unspecified atom stereocenters. The van der Waals surface area contributed by atoms with Crippen LogP contribution in [0.5, 0.6) is 0 Å². The Morgan fingerprint density at radius 2 is 2.06 bits per heavy atom. The van der Waals surface area contributed by atoms with Crippen LogP contribution < -0.4 is 9.62 Å². The standard InChI is InChI=1S/C19H23F3N6O4S2/c1-3-4-8-32-17(29)16-24-26-18(33-16)25-23-13-9-12-6-5-7-28(2)15(12)10-14(13)27-34(30,31)11-19(20,21)22/h9-10,27H,3-8,11H2,1-2H3. The number of rotatable bonds is 9. The van der Waals surface area contributed by atoms with Crippen molar-refractivity contribution in [3.8, 4) is 0 Å². The summed E-state index contributed by atoms with van der Waals surface area (Å²) in [5.41, 5.74) is 1.40. The number of hydrogen-bond acceptors (Lipinski definition) is 10. The topological polar surface area (TPSA) is 126 Å². The fourth-order valence-electron chi connectivity index (χ4n) is 3.19. The minimum absolute atomic E-state index is 0.00128. The number of fused-ring (bicyclic) bond motifs is 1. The maximum atomic E-state index is 12.7. The van der Waals surface area contributed by atoms with Crippen LogP contribution in [0.3, 0.4) is 0 Å². The van der Waals surface area contributed by atoms with Crippen molar-refractivity contribution in [2.75, 3.05) is 35.6 Å². The van der Waals surface area contributed by atoms with E-state index in [2.05, 4.69) is 20.4 Å². The van der Waals surface area contributed by atoms with Gasteiger partial charge in [0.05, 0.1) is 12.3 Å². The van der Waals surface area contributed by atoms with E-state index < -0.39 is 27.9 Å². The highest BCUT2D eigenvalue weighted by Gasteiger charge is 2.35. The quantitative estimate of drug-likeness (QED) is 0.291. The lowest BCUT2D eigenvalue weighted by atomic mass is 10.0. The van der Waals surface area contributed by atoms with Gasteiger partial charge in [-0.2, -0.15) is 13.2 Å². The molecule has 0 atom stereocenters. The van der Waals surface area contributed by atoms with Gasteiger partial charge in [-0.1, -0.05) is 24.7 Å². The molecule has 186 valence electrons. The van der Waals surface area contributed by atoms with Gasteiger partial charge in [-0.05, 0) is 37.0 Å². The molecule has 3 rings (SSSR count). The van der Waals surface area contributed by atoms with Crippen LogP contribution in [-0.4, -0.2) is 56.7 Å². The summed E-state index contributed by atoms with van der Waals surface area (Å²) in [5, 5.41) is 15.3. The number of halogens is 3. The van der Waals surface area contributed by atoms with Crippen molar-refractivity contribution in [3.63, 3.8) is 0 Å².